The fraction of sp³-hybridized carbons (Fsp3) is 0.355. The molecule has 4 rings (SSSR count). The monoisotopic (exact) mass is 534 g/mol. The molecule has 2 aromatic carbocycles. The van der Waals surface area contributed by atoms with Crippen LogP contribution in [0.3, 0.4) is 0 Å². The summed E-state index contributed by atoms with van der Waals surface area (Å²) in [5.41, 5.74) is 4.45. The number of halogens is 2. The van der Waals surface area contributed by atoms with Gasteiger partial charge in [0.15, 0.2) is 11.6 Å². The molecule has 1 aromatic heterocycles. The van der Waals surface area contributed by atoms with Gasteiger partial charge in [0.25, 0.3) is 0 Å². The van der Waals surface area contributed by atoms with E-state index in [2.05, 4.69) is 10.3 Å². The zero-order valence-corrected chi connectivity index (χ0v) is 22.2. The molecule has 0 radical (unpaired) electrons. The zero-order valence-electron chi connectivity index (χ0n) is 22.2. The van der Waals surface area contributed by atoms with Crippen LogP contribution in [0.1, 0.15) is 66.8 Å². The largest absolute Gasteiger partial charge is 0.481 e. The van der Waals surface area contributed by atoms with Crippen LogP contribution in [-0.4, -0.2) is 27.8 Å². The Hall–Kier alpha value is -3.94. The number of pyridine rings is 1. The van der Waals surface area contributed by atoms with E-state index in [1.807, 2.05) is 39.0 Å². The fourth-order valence-corrected chi connectivity index (χ4v) is 5.59. The number of carbonyl (C=O) groups excluding carboxylic acids is 2. The lowest BCUT2D eigenvalue weighted by Gasteiger charge is -2.32. The van der Waals surface area contributed by atoms with Crippen molar-refractivity contribution in [1.82, 2.24) is 10.3 Å². The molecule has 1 aliphatic carbocycles. The molecule has 6 nitrogen and oxygen atoms in total. The standard InChI is InChI=1S/C31H32F2N2O4/c1-17-7-10-27(36)23(11-17)30(20-8-9-24(32)25(33)13-20)31(39)35-26(14-28(37)38)21-12-22(16-34-15-21)29-18(2)5-4-6-19(29)3/h4-6,8-9,12-13,15-17,23,26,30H,7,10-11,14H2,1-3H3,(H,35,39)(H,37,38)/t17?,23?,26-,30-/m0/s1. The van der Waals surface area contributed by atoms with Crippen molar-refractivity contribution in [2.45, 2.75) is 58.4 Å². The summed E-state index contributed by atoms with van der Waals surface area (Å²) in [4.78, 5) is 42.9. The second kappa shape index (κ2) is 11.8. The Bertz CT molecular complexity index is 1390. The molecule has 0 saturated heterocycles. The average Bonchev–Trinajstić information content (AvgIpc) is 2.88. The molecule has 3 aromatic rings. The smallest absolute Gasteiger partial charge is 0.305 e. The molecule has 2 N–H and O–H groups in total. The van der Waals surface area contributed by atoms with Crippen molar-refractivity contribution >= 4 is 17.7 Å². The molecule has 4 atom stereocenters. The average molecular weight is 535 g/mol. The maximum atomic E-state index is 14.2. The second-order valence-corrected chi connectivity index (χ2v) is 10.5. The molecule has 2 unspecified atom stereocenters. The Balaban J connectivity index is 1.72. The first-order valence-electron chi connectivity index (χ1n) is 13.1. The van der Waals surface area contributed by atoms with E-state index in [1.54, 1.807) is 12.3 Å². The molecule has 1 fully saturated rings. The summed E-state index contributed by atoms with van der Waals surface area (Å²) >= 11 is 0. The number of carboxylic acid groups (broad SMARTS) is 1. The van der Waals surface area contributed by atoms with E-state index in [9.17, 15) is 28.3 Å². The lowest BCUT2D eigenvalue weighted by molar-refractivity contribution is -0.138. The van der Waals surface area contributed by atoms with E-state index >= 15 is 0 Å². The van der Waals surface area contributed by atoms with Crippen LogP contribution < -0.4 is 5.32 Å². The number of carbonyl (C=O) groups is 3. The number of Topliss-reactive ketones (excluding diaryl/α,β-unsaturated/α-hetero) is 1. The van der Waals surface area contributed by atoms with Gasteiger partial charge in [0.1, 0.15) is 5.78 Å². The van der Waals surface area contributed by atoms with Crippen LogP contribution >= 0.6 is 0 Å². The lowest BCUT2D eigenvalue weighted by Crippen LogP contribution is -2.41. The molecule has 0 aliphatic heterocycles. The summed E-state index contributed by atoms with van der Waals surface area (Å²) < 4.78 is 28.0. The van der Waals surface area contributed by atoms with E-state index in [4.69, 9.17) is 0 Å². The van der Waals surface area contributed by atoms with Gasteiger partial charge in [-0.15, -0.1) is 0 Å². The first-order valence-corrected chi connectivity index (χ1v) is 13.1. The third kappa shape index (κ3) is 6.38. The number of aromatic nitrogens is 1. The van der Waals surface area contributed by atoms with E-state index < -0.39 is 47.8 Å². The fourth-order valence-electron chi connectivity index (χ4n) is 5.59. The summed E-state index contributed by atoms with van der Waals surface area (Å²) in [6, 6.07) is 9.93. The Morgan fingerprint density at radius 3 is 2.44 bits per heavy atom. The van der Waals surface area contributed by atoms with Gasteiger partial charge in [-0.25, -0.2) is 8.78 Å². The maximum absolute atomic E-state index is 14.2. The van der Waals surface area contributed by atoms with Gasteiger partial charge < -0.3 is 10.4 Å². The Kier molecular flexibility index (Phi) is 8.53. The predicted octanol–water partition coefficient (Wildman–Crippen LogP) is 6.06. The molecule has 1 heterocycles. The van der Waals surface area contributed by atoms with Gasteiger partial charge >= 0.3 is 5.97 Å². The highest BCUT2D eigenvalue weighted by atomic mass is 19.2. The number of rotatable bonds is 8. The molecule has 0 bridgehead atoms. The van der Waals surface area contributed by atoms with Gasteiger partial charge in [-0.2, -0.15) is 0 Å². The molecule has 1 saturated carbocycles. The SMILES string of the molecule is Cc1cccc(C)c1-c1cncc([C@H](CC(=O)O)NC(=O)[C@@H](c2ccc(F)c(F)c2)C2CC(C)CCC2=O)c1. The van der Waals surface area contributed by atoms with Crippen molar-refractivity contribution in [3.63, 3.8) is 0 Å². The molecule has 8 heteroatoms. The highest BCUT2D eigenvalue weighted by molar-refractivity contribution is 5.93. The second-order valence-electron chi connectivity index (χ2n) is 10.5. The number of benzene rings is 2. The molecular formula is C31H32F2N2O4. The Labute approximate surface area is 226 Å². The number of carboxylic acids is 1. The van der Waals surface area contributed by atoms with Crippen LogP contribution in [0.25, 0.3) is 11.1 Å². The van der Waals surface area contributed by atoms with E-state index in [-0.39, 0.29) is 17.3 Å². The number of aliphatic carboxylic acids is 1. The number of aryl methyl sites for hydroxylation is 2. The van der Waals surface area contributed by atoms with E-state index in [0.29, 0.717) is 24.8 Å². The summed E-state index contributed by atoms with van der Waals surface area (Å²) in [7, 11) is 0. The summed E-state index contributed by atoms with van der Waals surface area (Å²) in [5.74, 6) is -5.70. The van der Waals surface area contributed by atoms with Gasteiger partial charge in [0.05, 0.1) is 18.4 Å². The summed E-state index contributed by atoms with van der Waals surface area (Å²) in [6.07, 6.45) is 4.17. The van der Waals surface area contributed by atoms with Gasteiger partial charge in [-0.3, -0.25) is 19.4 Å². The maximum Gasteiger partial charge on any atom is 0.305 e. The van der Waals surface area contributed by atoms with E-state index in [0.717, 1.165) is 34.4 Å². The zero-order chi connectivity index (χ0) is 28.3. The summed E-state index contributed by atoms with van der Waals surface area (Å²) in [6.45, 7) is 5.93. The highest BCUT2D eigenvalue weighted by Crippen LogP contribution is 2.38. The first-order chi connectivity index (χ1) is 18.5. The quantitative estimate of drug-likeness (QED) is 0.366. The van der Waals surface area contributed by atoms with Crippen LogP contribution in [0.15, 0.2) is 54.9 Å². The topological polar surface area (TPSA) is 96.4 Å². The van der Waals surface area contributed by atoms with Gasteiger partial charge in [-0.1, -0.05) is 31.2 Å². The van der Waals surface area contributed by atoms with Crippen LogP contribution in [0.5, 0.6) is 0 Å². The third-order valence-electron chi connectivity index (χ3n) is 7.57. The third-order valence-corrected chi connectivity index (χ3v) is 7.57. The van der Waals surface area contributed by atoms with Crippen molar-refractivity contribution in [1.29, 1.82) is 0 Å². The number of ketones is 1. The lowest BCUT2D eigenvalue weighted by atomic mass is 9.72. The van der Waals surface area contributed by atoms with Gasteiger partial charge in [0, 0.05) is 30.3 Å². The summed E-state index contributed by atoms with van der Waals surface area (Å²) in [5, 5.41) is 12.5. The van der Waals surface area contributed by atoms with Gasteiger partial charge in [-0.05, 0) is 78.6 Å². The molecule has 0 spiro atoms. The number of nitrogens with one attached hydrogen (secondary N) is 1. The first kappa shape index (κ1) is 28.1. The number of hydrogen-bond donors (Lipinski definition) is 2. The predicted molar refractivity (Wildman–Crippen MR) is 143 cm³/mol. The van der Waals surface area contributed by atoms with Crippen molar-refractivity contribution in [2.75, 3.05) is 0 Å². The van der Waals surface area contributed by atoms with Crippen LogP contribution in [-0.2, 0) is 14.4 Å². The van der Waals surface area contributed by atoms with Crippen molar-refractivity contribution < 1.29 is 28.3 Å². The normalized spacial score (nSPS) is 18.8. The highest BCUT2D eigenvalue weighted by Gasteiger charge is 2.39. The van der Waals surface area contributed by atoms with Crippen molar-refractivity contribution in [3.05, 3.63) is 88.7 Å². The van der Waals surface area contributed by atoms with Crippen LogP contribution in [0.4, 0.5) is 8.78 Å². The minimum absolute atomic E-state index is 0.119. The van der Waals surface area contributed by atoms with Crippen LogP contribution in [0, 0.1) is 37.3 Å². The number of nitrogens with zero attached hydrogens (tertiary/aromatic N) is 1. The number of hydrogen-bond acceptors (Lipinski definition) is 4. The number of amides is 1. The Morgan fingerprint density at radius 1 is 1.05 bits per heavy atom. The Morgan fingerprint density at radius 2 is 1.77 bits per heavy atom. The van der Waals surface area contributed by atoms with Crippen LogP contribution in [0.2, 0.25) is 0 Å². The molecule has 204 valence electrons. The molecule has 1 amide bonds. The molecular weight excluding hydrogens is 502 g/mol. The minimum Gasteiger partial charge on any atom is -0.481 e. The molecule has 39 heavy (non-hydrogen) atoms. The van der Waals surface area contributed by atoms with E-state index in [1.165, 1.54) is 12.3 Å². The molecule has 1 aliphatic rings. The van der Waals surface area contributed by atoms with Crippen molar-refractivity contribution in [3.8, 4) is 11.1 Å². The minimum atomic E-state index is -1.13. The van der Waals surface area contributed by atoms with Crippen molar-refractivity contribution in [2.24, 2.45) is 11.8 Å². The van der Waals surface area contributed by atoms with Gasteiger partial charge in [0.2, 0.25) is 5.91 Å².